The third-order valence-electron chi connectivity index (χ3n) is 2.76. The van der Waals surface area contributed by atoms with Crippen molar-refractivity contribution in [1.82, 2.24) is 9.97 Å². The summed E-state index contributed by atoms with van der Waals surface area (Å²) in [6, 6.07) is 1.91. The number of β-amino-alcohol motifs (C(OH)–C–C–N with tert-alkyl or cyclic N) is 1. The molecule has 0 aromatic carbocycles. The van der Waals surface area contributed by atoms with Gasteiger partial charge in [0.15, 0.2) is 0 Å². The first-order valence-electron chi connectivity index (χ1n) is 5.65. The Bertz CT molecular complexity index is 372. The summed E-state index contributed by atoms with van der Waals surface area (Å²) in [5.74, 6) is 1.75. The summed E-state index contributed by atoms with van der Waals surface area (Å²) in [5, 5.41) is 9.64. The summed E-state index contributed by atoms with van der Waals surface area (Å²) in [5.41, 5.74) is 0. The van der Waals surface area contributed by atoms with E-state index in [4.69, 9.17) is 0 Å². The van der Waals surface area contributed by atoms with Crippen molar-refractivity contribution in [3.63, 3.8) is 0 Å². The van der Waals surface area contributed by atoms with Gasteiger partial charge in [-0.2, -0.15) is 0 Å². The molecule has 0 aliphatic carbocycles. The van der Waals surface area contributed by atoms with Gasteiger partial charge in [-0.1, -0.05) is 6.92 Å². The lowest BCUT2D eigenvalue weighted by molar-refractivity contribution is 0.154. The molecule has 1 aliphatic rings. The highest BCUT2D eigenvalue weighted by molar-refractivity contribution is 9.10. The number of anilines is 1. The van der Waals surface area contributed by atoms with Gasteiger partial charge in [-0.3, -0.25) is 0 Å². The molecule has 0 saturated carbocycles. The first kappa shape index (κ1) is 11.8. The molecule has 1 N–H and O–H groups in total. The number of hydrogen-bond donors (Lipinski definition) is 1. The molecule has 4 nitrogen and oxygen atoms in total. The highest BCUT2D eigenvalue weighted by Gasteiger charge is 2.19. The largest absolute Gasteiger partial charge is 0.391 e. The number of aliphatic hydroxyl groups excluding tert-OH is 1. The zero-order valence-corrected chi connectivity index (χ0v) is 10.9. The number of aliphatic hydroxyl groups is 1. The minimum absolute atomic E-state index is 0.229. The molecule has 16 heavy (non-hydrogen) atoms. The second-order valence-electron chi connectivity index (χ2n) is 4.06. The fraction of sp³-hybridized carbons (Fsp3) is 0.636. The Labute approximate surface area is 104 Å². The van der Waals surface area contributed by atoms with Crippen LogP contribution in [0.3, 0.4) is 0 Å². The molecule has 0 amide bonds. The van der Waals surface area contributed by atoms with E-state index in [1.54, 1.807) is 0 Å². The maximum Gasteiger partial charge on any atom is 0.133 e. The molecule has 0 spiro atoms. The van der Waals surface area contributed by atoms with E-state index in [1.165, 1.54) is 0 Å². The summed E-state index contributed by atoms with van der Waals surface area (Å²) in [6.07, 6.45) is 2.50. The number of halogens is 1. The lowest BCUT2D eigenvalue weighted by Crippen LogP contribution is -2.38. The Morgan fingerprint density at radius 1 is 1.56 bits per heavy atom. The van der Waals surface area contributed by atoms with E-state index in [0.29, 0.717) is 6.54 Å². The van der Waals surface area contributed by atoms with Crippen molar-refractivity contribution in [3.8, 4) is 0 Å². The molecule has 2 heterocycles. The minimum atomic E-state index is -0.229. The number of piperidine rings is 1. The van der Waals surface area contributed by atoms with Crippen LogP contribution in [0, 0.1) is 0 Å². The number of nitrogens with zero attached hydrogens (tertiary/aromatic N) is 3. The van der Waals surface area contributed by atoms with Crippen LogP contribution in [0.4, 0.5) is 5.82 Å². The van der Waals surface area contributed by atoms with Gasteiger partial charge < -0.3 is 10.0 Å². The summed E-state index contributed by atoms with van der Waals surface area (Å²) >= 11 is 3.40. The van der Waals surface area contributed by atoms with Gasteiger partial charge in [0.05, 0.1) is 6.10 Å². The average Bonchev–Trinajstić information content (AvgIpc) is 2.28. The molecule has 0 bridgehead atoms. The molecular formula is C11H16BrN3O. The third-order valence-corrected chi connectivity index (χ3v) is 3.17. The molecule has 1 aromatic rings. The zero-order valence-electron chi connectivity index (χ0n) is 9.36. The van der Waals surface area contributed by atoms with E-state index in [1.807, 2.05) is 13.0 Å². The van der Waals surface area contributed by atoms with E-state index in [9.17, 15) is 5.11 Å². The molecule has 1 aromatic heterocycles. The summed E-state index contributed by atoms with van der Waals surface area (Å²) in [4.78, 5) is 10.9. The molecule has 1 fully saturated rings. The van der Waals surface area contributed by atoms with Crippen LogP contribution in [0.5, 0.6) is 0 Å². The lowest BCUT2D eigenvalue weighted by atomic mass is 10.1. The topological polar surface area (TPSA) is 49.2 Å². The Morgan fingerprint density at radius 2 is 2.38 bits per heavy atom. The normalized spacial score (nSPS) is 21.2. The summed E-state index contributed by atoms with van der Waals surface area (Å²) in [6.45, 7) is 3.67. The number of aryl methyl sites for hydroxylation is 1. The van der Waals surface area contributed by atoms with Crippen molar-refractivity contribution >= 4 is 21.7 Å². The second kappa shape index (κ2) is 5.10. The van der Waals surface area contributed by atoms with Gasteiger partial charge in [0.25, 0.3) is 0 Å². The van der Waals surface area contributed by atoms with Gasteiger partial charge in [-0.25, -0.2) is 9.97 Å². The Kier molecular flexibility index (Phi) is 3.76. The highest BCUT2D eigenvalue weighted by Crippen LogP contribution is 2.21. The minimum Gasteiger partial charge on any atom is -0.391 e. The van der Waals surface area contributed by atoms with Crippen LogP contribution in [0.1, 0.15) is 25.6 Å². The maximum absolute atomic E-state index is 9.64. The van der Waals surface area contributed by atoms with Crippen LogP contribution >= 0.6 is 15.9 Å². The van der Waals surface area contributed by atoms with E-state index in [2.05, 4.69) is 30.8 Å². The molecule has 1 atom stereocenters. The highest BCUT2D eigenvalue weighted by atomic mass is 79.9. The molecule has 5 heteroatoms. The maximum atomic E-state index is 9.64. The fourth-order valence-electron chi connectivity index (χ4n) is 1.93. The SMILES string of the molecule is CCc1nc(Br)cc(N2CCCC(O)C2)n1. The van der Waals surface area contributed by atoms with Crippen LogP contribution in [0.15, 0.2) is 10.7 Å². The number of hydrogen-bond acceptors (Lipinski definition) is 4. The third kappa shape index (κ3) is 2.71. The van der Waals surface area contributed by atoms with E-state index >= 15 is 0 Å². The lowest BCUT2D eigenvalue weighted by Gasteiger charge is -2.31. The first-order chi connectivity index (χ1) is 7.69. The van der Waals surface area contributed by atoms with Crippen LogP contribution in [-0.2, 0) is 6.42 Å². The van der Waals surface area contributed by atoms with E-state index in [-0.39, 0.29) is 6.10 Å². The van der Waals surface area contributed by atoms with Gasteiger partial charge in [0.1, 0.15) is 16.2 Å². The van der Waals surface area contributed by atoms with Crippen molar-refractivity contribution in [2.45, 2.75) is 32.3 Å². The molecule has 88 valence electrons. The van der Waals surface area contributed by atoms with Gasteiger partial charge in [-0.05, 0) is 28.8 Å². The molecule has 1 unspecified atom stereocenters. The van der Waals surface area contributed by atoms with Crippen molar-refractivity contribution in [1.29, 1.82) is 0 Å². The smallest absolute Gasteiger partial charge is 0.133 e. The van der Waals surface area contributed by atoms with Crippen molar-refractivity contribution in [2.24, 2.45) is 0 Å². The van der Waals surface area contributed by atoms with Gasteiger partial charge in [-0.15, -0.1) is 0 Å². The Balaban J connectivity index is 2.21. The van der Waals surface area contributed by atoms with Gasteiger partial charge >= 0.3 is 0 Å². The zero-order chi connectivity index (χ0) is 11.5. The summed E-state index contributed by atoms with van der Waals surface area (Å²) in [7, 11) is 0. The Hall–Kier alpha value is -0.680. The Morgan fingerprint density at radius 3 is 3.06 bits per heavy atom. The van der Waals surface area contributed by atoms with Gasteiger partial charge in [0.2, 0.25) is 0 Å². The number of rotatable bonds is 2. The van der Waals surface area contributed by atoms with E-state index < -0.39 is 0 Å². The molecule has 2 rings (SSSR count). The predicted octanol–water partition coefficient (Wildman–Crippen LogP) is 1.76. The van der Waals surface area contributed by atoms with Crippen LogP contribution < -0.4 is 4.90 Å². The quantitative estimate of drug-likeness (QED) is 0.842. The average molecular weight is 286 g/mol. The standard InChI is InChI=1S/C11H16BrN3O/c1-2-10-13-9(12)6-11(14-10)15-5-3-4-8(16)7-15/h6,8,16H,2-5,7H2,1H3. The molecular weight excluding hydrogens is 270 g/mol. The van der Waals surface area contributed by atoms with Gasteiger partial charge in [0, 0.05) is 25.6 Å². The summed E-state index contributed by atoms with van der Waals surface area (Å²) < 4.78 is 0.814. The van der Waals surface area contributed by atoms with Crippen molar-refractivity contribution in [2.75, 3.05) is 18.0 Å². The van der Waals surface area contributed by atoms with Crippen LogP contribution in [0.25, 0.3) is 0 Å². The molecule has 0 radical (unpaired) electrons. The van der Waals surface area contributed by atoms with Crippen LogP contribution in [-0.4, -0.2) is 34.3 Å². The molecule has 1 saturated heterocycles. The van der Waals surface area contributed by atoms with E-state index in [0.717, 1.165) is 42.1 Å². The molecule has 1 aliphatic heterocycles. The monoisotopic (exact) mass is 285 g/mol. The number of aromatic nitrogens is 2. The fourth-order valence-corrected chi connectivity index (χ4v) is 2.34. The predicted molar refractivity (Wildman–Crippen MR) is 66.6 cm³/mol. The second-order valence-corrected chi connectivity index (χ2v) is 4.87. The van der Waals surface area contributed by atoms with Crippen molar-refractivity contribution < 1.29 is 5.11 Å². The first-order valence-corrected chi connectivity index (χ1v) is 6.45. The van der Waals surface area contributed by atoms with Crippen molar-refractivity contribution in [3.05, 3.63) is 16.5 Å². The van der Waals surface area contributed by atoms with Crippen LogP contribution in [0.2, 0.25) is 0 Å².